The Bertz CT molecular complexity index is 1200. The fourth-order valence-electron chi connectivity index (χ4n) is 2.58. The van der Waals surface area contributed by atoms with Crippen molar-refractivity contribution in [3.8, 4) is 5.75 Å². The van der Waals surface area contributed by atoms with E-state index >= 15 is 0 Å². The van der Waals surface area contributed by atoms with E-state index in [2.05, 4.69) is 38.4 Å². The minimum Gasteiger partial charge on any atom is -0.484 e. The van der Waals surface area contributed by atoms with Crippen LogP contribution in [0.2, 0.25) is 0 Å². The molecule has 3 aromatic carbocycles. The lowest BCUT2D eigenvalue weighted by Crippen LogP contribution is -2.20. The summed E-state index contributed by atoms with van der Waals surface area (Å²) in [7, 11) is 0. The molecule has 11 nitrogen and oxygen atoms in total. The lowest BCUT2D eigenvalue weighted by molar-refractivity contribution is -0.393. The highest BCUT2D eigenvalue weighted by atomic mass is 127. The van der Waals surface area contributed by atoms with Gasteiger partial charge in [0.2, 0.25) is 0 Å². The average Bonchev–Trinajstić information content (AvgIpc) is 2.80. The predicted octanol–water partition coefficient (Wildman–Crippen LogP) is 4.57. The molecule has 0 saturated carbocycles. The van der Waals surface area contributed by atoms with Crippen molar-refractivity contribution >= 4 is 57.5 Å². The van der Waals surface area contributed by atoms with Crippen molar-refractivity contribution in [1.82, 2.24) is 0 Å². The van der Waals surface area contributed by atoms with Crippen LogP contribution in [0.5, 0.6) is 5.75 Å². The Morgan fingerprint density at radius 3 is 2.33 bits per heavy atom. The summed E-state index contributed by atoms with van der Waals surface area (Å²) in [6, 6.07) is 17.2. The number of nitrogens with zero attached hydrogens (tertiary/aromatic N) is 3. The van der Waals surface area contributed by atoms with Gasteiger partial charge in [-0.3, -0.25) is 30.4 Å². The molecule has 33 heavy (non-hydrogen) atoms. The largest absolute Gasteiger partial charge is 0.484 e. The van der Waals surface area contributed by atoms with Crippen LogP contribution in [0.1, 0.15) is 5.56 Å². The third-order valence-electron chi connectivity index (χ3n) is 4.17. The summed E-state index contributed by atoms with van der Waals surface area (Å²) in [5, 5.41) is 28.6. The van der Waals surface area contributed by atoms with E-state index in [-0.39, 0.29) is 23.9 Å². The van der Waals surface area contributed by atoms with Crippen molar-refractivity contribution < 1.29 is 19.4 Å². The monoisotopic (exact) mass is 561 g/mol. The summed E-state index contributed by atoms with van der Waals surface area (Å²) in [4.78, 5) is 32.5. The van der Waals surface area contributed by atoms with Crippen LogP contribution in [-0.2, 0) is 4.79 Å². The number of nitrogens with one attached hydrogen (secondary N) is 2. The summed E-state index contributed by atoms with van der Waals surface area (Å²) in [6.45, 7) is -0.162. The topological polar surface area (TPSA) is 149 Å². The molecule has 3 rings (SSSR count). The number of anilines is 2. The van der Waals surface area contributed by atoms with E-state index in [9.17, 15) is 25.0 Å². The van der Waals surface area contributed by atoms with Gasteiger partial charge in [0.25, 0.3) is 11.6 Å². The fourth-order valence-corrected chi connectivity index (χ4v) is 2.94. The third kappa shape index (κ3) is 6.96. The number of amides is 1. The molecular weight excluding hydrogens is 545 g/mol. The Hall–Kier alpha value is -4.07. The van der Waals surface area contributed by atoms with Crippen LogP contribution in [-0.4, -0.2) is 28.6 Å². The molecule has 0 atom stereocenters. The maximum Gasteiger partial charge on any atom is 0.301 e. The molecule has 0 radical (unpaired) electrons. The van der Waals surface area contributed by atoms with E-state index in [0.29, 0.717) is 17.0 Å². The zero-order valence-electron chi connectivity index (χ0n) is 16.8. The van der Waals surface area contributed by atoms with Crippen LogP contribution in [0.25, 0.3) is 0 Å². The van der Waals surface area contributed by atoms with E-state index in [4.69, 9.17) is 4.74 Å². The first kappa shape index (κ1) is 23.6. The van der Waals surface area contributed by atoms with Crippen LogP contribution in [0.4, 0.5) is 22.7 Å². The number of ether oxygens (including phenoxy) is 1. The quantitative estimate of drug-likeness (QED) is 0.168. The molecular formula is C21H16IN5O6. The lowest BCUT2D eigenvalue weighted by Gasteiger charge is -2.08. The van der Waals surface area contributed by atoms with Gasteiger partial charge in [0.15, 0.2) is 6.61 Å². The predicted molar refractivity (Wildman–Crippen MR) is 131 cm³/mol. The number of hydrogen-bond acceptors (Lipinski definition) is 8. The van der Waals surface area contributed by atoms with Crippen LogP contribution < -0.4 is 15.5 Å². The van der Waals surface area contributed by atoms with E-state index in [1.54, 1.807) is 36.4 Å². The molecule has 3 aromatic rings. The summed E-state index contributed by atoms with van der Waals surface area (Å²) in [5.74, 6) is 0.180. The van der Waals surface area contributed by atoms with E-state index in [1.165, 1.54) is 12.3 Å². The molecule has 0 unspecified atom stereocenters. The second kappa shape index (κ2) is 11.0. The smallest absolute Gasteiger partial charge is 0.301 e. The number of non-ortho nitro benzene ring substituents is 1. The summed E-state index contributed by atoms with van der Waals surface area (Å²) < 4.78 is 6.52. The van der Waals surface area contributed by atoms with Crippen LogP contribution in [0.15, 0.2) is 71.8 Å². The molecule has 0 fully saturated rings. The zero-order valence-corrected chi connectivity index (χ0v) is 19.0. The molecule has 0 bridgehead atoms. The number of nitro benzene ring substituents is 2. The first-order chi connectivity index (χ1) is 15.8. The van der Waals surface area contributed by atoms with Gasteiger partial charge in [-0.1, -0.05) is 0 Å². The number of hydrogen-bond donors (Lipinski definition) is 2. The lowest BCUT2D eigenvalue weighted by atomic mass is 10.2. The van der Waals surface area contributed by atoms with Crippen LogP contribution >= 0.6 is 22.6 Å². The zero-order chi connectivity index (χ0) is 23.8. The molecule has 0 aliphatic heterocycles. The Morgan fingerprint density at radius 2 is 1.70 bits per heavy atom. The first-order valence-corrected chi connectivity index (χ1v) is 10.4. The summed E-state index contributed by atoms with van der Waals surface area (Å²) in [6.07, 6.45) is 1.42. The highest BCUT2D eigenvalue weighted by molar-refractivity contribution is 14.1. The maximum atomic E-state index is 12.0. The molecule has 0 heterocycles. The second-order valence-corrected chi connectivity index (χ2v) is 7.74. The van der Waals surface area contributed by atoms with Gasteiger partial charge >= 0.3 is 5.69 Å². The molecule has 1 amide bonds. The second-order valence-electron chi connectivity index (χ2n) is 6.50. The van der Waals surface area contributed by atoms with Gasteiger partial charge in [-0.2, -0.15) is 5.10 Å². The van der Waals surface area contributed by atoms with Crippen molar-refractivity contribution in [3.05, 3.63) is 96.1 Å². The number of rotatable bonds is 9. The number of halogens is 1. The number of benzene rings is 3. The molecule has 0 aliphatic rings. The number of carbonyl (C=O) groups excluding carboxylic acids is 1. The molecule has 0 aliphatic carbocycles. The van der Waals surface area contributed by atoms with Gasteiger partial charge in [0, 0.05) is 15.3 Å². The van der Waals surface area contributed by atoms with Gasteiger partial charge in [-0.25, -0.2) is 0 Å². The molecule has 168 valence electrons. The number of hydrazone groups is 1. The van der Waals surface area contributed by atoms with E-state index < -0.39 is 15.5 Å². The molecule has 0 aromatic heterocycles. The Morgan fingerprint density at radius 1 is 1.00 bits per heavy atom. The SMILES string of the molecule is O=C(COc1ccc(/C=N\Nc2ccc([N+](=O)[O-])cc2[N+](=O)[O-])cc1)Nc1ccc(I)cc1. The van der Waals surface area contributed by atoms with Gasteiger partial charge in [0.05, 0.1) is 22.1 Å². The number of carbonyl (C=O) groups is 1. The maximum absolute atomic E-state index is 12.0. The standard InChI is InChI=1S/C21H16IN5O6/c22-15-3-5-16(6-4-15)24-21(28)13-33-18-8-1-14(2-9-18)12-23-25-19-10-7-17(26(29)30)11-20(19)27(31)32/h1-12,25H,13H2,(H,24,28)/b23-12-. The van der Waals surface area contributed by atoms with Gasteiger partial charge in [0.1, 0.15) is 11.4 Å². The highest BCUT2D eigenvalue weighted by Crippen LogP contribution is 2.28. The molecule has 2 N–H and O–H groups in total. The molecule has 0 saturated heterocycles. The summed E-state index contributed by atoms with van der Waals surface area (Å²) in [5.41, 5.74) is 3.00. The van der Waals surface area contributed by atoms with Crippen LogP contribution in [0.3, 0.4) is 0 Å². The Kier molecular flexibility index (Phi) is 7.86. The third-order valence-corrected chi connectivity index (χ3v) is 4.88. The molecule has 0 spiro atoms. The van der Waals surface area contributed by atoms with Crippen molar-refractivity contribution in [2.75, 3.05) is 17.3 Å². The normalized spacial score (nSPS) is 10.6. The van der Waals surface area contributed by atoms with E-state index in [1.807, 2.05) is 12.1 Å². The van der Waals surface area contributed by atoms with E-state index in [0.717, 1.165) is 15.7 Å². The minimum atomic E-state index is -0.731. The minimum absolute atomic E-state index is 0.0148. The van der Waals surface area contributed by atoms with Crippen molar-refractivity contribution in [3.63, 3.8) is 0 Å². The molecule has 12 heteroatoms. The van der Waals surface area contributed by atoms with Gasteiger partial charge < -0.3 is 10.1 Å². The Labute approximate surface area is 200 Å². The fraction of sp³-hybridized carbons (Fsp3) is 0.0476. The number of nitro groups is 2. The average molecular weight is 561 g/mol. The van der Waals surface area contributed by atoms with Crippen molar-refractivity contribution in [2.24, 2.45) is 5.10 Å². The first-order valence-electron chi connectivity index (χ1n) is 9.32. The van der Waals surface area contributed by atoms with Crippen LogP contribution in [0, 0.1) is 23.8 Å². The summed E-state index contributed by atoms with van der Waals surface area (Å²) >= 11 is 2.18. The van der Waals surface area contributed by atoms with Gasteiger partial charge in [-0.15, -0.1) is 0 Å². The van der Waals surface area contributed by atoms with Crippen molar-refractivity contribution in [1.29, 1.82) is 0 Å². The highest BCUT2D eigenvalue weighted by Gasteiger charge is 2.19. The van der Waals surface area contributed by atoms with Gasteiger partial charge in [-0.05, 0) is 82.8 Å². The Balaban J connectivity index is 1.54. The van der Waals surface area contributed by atoms with Crippen molar-refractivity contribution in [2.45, 2.75) is 0 Å².